The maximum atomic E-state index is 11.9. The van der Waals surface area contributed by atoms with Gasteiger partial charge in [-0.25, -0.2) is 0 Å². The third-order valence-corrected chi connectivity index (χ3v) is 3.37. The van der Waals surface area contributed by atoms with Gasteiger partial charge in [-0.15, -0.1) is 0 Å². The Morgan fingerprint density at radius 2 is 2.28 bits per heavy atom. The first-order valence-electron chi connectivity index (χ1n) is 6.00. The number of hydrogen-bond acceptors (Lipinski definition) is 4. The summed E-state index contributed by atoms with van der Waals surface area (Å²) in [6, 6.07) is 7.93. The van der Waals surface area contributed by atoms with E-state index in [0.29, 0.717) is 13.2 Å². The van der Waals surface area contributed by atoms with Crippen LogP contribution < -0.4 is 10.6 Å². The second kappa shape index (κ2) is 6.78. The fourth-order valence-electron chi connectivity index (χ4n) is 1.81. The van der Waals surface area contributed by atoms with Crippen molar-refractivity contribution >= 4 is 23.4 Å². The van der Waals surface area contributed by atoms with Crippen LogP contribution in [0, 0.1) is 0 Å². The van der Waals surface area contributed by atoms with Crippen molar-refractivity contribution in [1.29, 1.82) is 0 Å². The molecule has 0 bridgehead atoms. The second-order valence-electron chi connectivity index (χ2n) is 4.18. The summed E-state index contributed by atoms with van der Waals surface area (Å²) >= 11 is 1.78. The van der Waals surface area contributed by atoms with Gasteiger partial charge < -0.3 is 15.4 Å². The average molecular weight is 266 g/mol. The van der Waals surface area contributed by atoms with Crippen LogP contribution in [0.25, 0.3) is 0 Å². The number of benzene rings is 1. The molecule has 0 aromatic heterocycles. The quantitative estimate of drug-likeness (QED) is 0.866. The lowest BCUT2D eigenvalue weighted by molar-refractivity contribution is -0.128. The fraction of sp³-hybridized carbons (Fsp3) is 0.462. The minimum Gasteiger partial charge on any atom is -0.366 e. The predicted octanol–water partition coefficient (Wildman–Crippen LogP) is 1.48. The number of thioether (sulfide) groups is 1. The molecule has 98 valence electrons. The molecule has 0 aliphatic carbocycles. The summed E-state index contributed by atoms with van der Waals surface area (Å²) in [4.78, 5) is 11.9. The lowest BCUT2D eigenvalue weighted by Crippen LogP contribution is -2.45. The lowest BCUT2D eigenvalue weighted by Gasteiger charge is -2.22. The molecule has 0 saturated carbocycles. The maximum Gasteiger partial charge on any atom is 0.254 e. The highest BCUT2D eigenvalue weighted by atomic mass is 32.2. The zero-order valence-corrected chi connectivity index (χ0v) is 11.3. The summed E-state index contributed by atoms with van der Waals surface area (Å²) in [5.41, 5.74) is 2.08. The monoisotopic (exact) mass is 266 g/mol. The van der Waals surface area contributed by atoms with E-state index < -0.39 is 0 Å². The van der Waals surface area contributed by atoms with Gasteiger partial charge in [-0.2, -0.15) is 11.8 Å². The average Bonchev–Trinajstić information content (AvgIpc) is 2.42. The van der Waals surface area contributed by atoms with Crippen molar-refractivity contribution in [3.8, 4) is 0 Å². The number of ether oxygens (including phenoxy) is 1. The minimum absolute atomic E-state index is 0.0835. The van der Waals surface area contributed by atoms with Crippen LogP contribution in [-0.2, 0) is 15.3 Å². The van der Waals surface area contributed by atoms with Crippen LogP contribution in [0.15, 0.2) is 24.3 Å². The van der Waals surface area contributed by atoms with Gasteiger partial charge in [0.05, 0.1) is 6.61 Å². The van der Waals surface area contributed by atoms with E-state index in [4.69, 9.17) is 4.74 Å². The van der Waals surface area contributed by atoms with Crippen molar-refractivity contribution in [2.24, 2.45) is 0 Å². The molecule has 1 aromatic carbocycles. The Labute approximate surface area is 111 Å². The molecular formula is C13H18N2O2S. The normalized spacial score (nSPS) is 19.5. The van der Waals surface area contributed by atoms with Crippen molar-refractivity contribution in [2.45, 2.75) is 11.9 Å². The maximum absolute atomic E-state index is 11.9. The van der Waals surface area contributed by atoms with Crippen molar-refractivity contribution in [1.82, 2.24) is 5.32 Å². The Bertz CT molecular complexity index is 388. The molecule has 1 unspecified atom stereocenters. The topological polar surface area (TPSA) is 50.4 Å². The van der Waals surface area contributed by atoms with E-state index in [9.17, 15) is 4.79 Å². The molecule has 1 aromatic rings. The number of morpholine rings is 1. The molecule has 1 aliphatic heterocycles. The summed E-state index contributed by atoms with van der Waals surface area (Å²) in [5.74, 6) is 0.906. The molecule has 2 N–H and O–H groups in total. The summed E-state index contributed by atoms with van der Waals surface area (Å²) in [7, 11) is 0. The van der Waals surface area contributed by atoms with Crippen molar-refractivity contribution in [3.63, 3.8) is 0 Å². The largest absolute Gasteiger partial charge is 0.366 e. The summed E-state index contributed by atoms with van der Waals surface area (Å²) in [5, 5.41) is 6.01. The predicted molar refractivity (Wildman–Crippen MR) is 74.9 cm³/mol. The molecule has 0 radical (unpaired) electrons. The molecule has 1 fully saturated rings. The van der Waals surface area contributed by atoms with Crippen molar-refractivity contribution in [2.75, 3.05) is 31.3 Å². The van der Waals surface area contributed by atoms with Gasteiger partial charge in [-0.1, -0.05) is 12.1 Å². The lowest BCUT2D eigenvalue weighted by atomic mass is 10.2. The van der Waals surface area contributed by atoms with Crippen LogP contribution in [-0.4, -0.2) is 38.0 Å². The molecular weight excluding hydrogens is 248 g/mol. The molecule has 1 atom stereocenters. The minimum atomic E-state index is -0.385. The van der Waals surface area contributed by atoms with Crippen LogP contribution in [0.5, 0.6) is 0 Å². The number of nitrogens with one attached hydrogen (secondary N) is 2. The fourth-order valence-corrected chi connectivity index (χ4v) is 2.33. The third-order valence-electron chi connectivity index (χ3n) is 2.75. The van der Waals surface area contributed by atoms with Gasteiger partial charge in [0.1, 0.15) is 6.10 Å². The zero-order valence-electron chi connectivity index (χ0n) is 10.4. The number of hydrogen-bond donors (Lipinski definition) is 2. The van der Waals surface area contributed by atoms with E-state index in [1.807, 2.05) is 24.3 Å². The van der Waals surface area contributed by atoms with Crippen LogP contribution in [0.1, 0.15) is 5.56 Å². The molecule has 2 rings (SSSR count). The summed E-state index contributed by atoms with van der Waals surface area (Å²) < 4.78 is 5.40. The van der Waals surface area contributed by atoms with Gasteiger partial charge in [0.25, 0.3) is 5.91 Å². The van der Waals surface area contributed by atoms with Crippen LogP contribution in [0.2, 0.25) is 0 Å². The highest BCUT2D eigenvalue weighted by molar-refractivity contribution is 7.97. The number of amides is 1. The van der Waals surface area contributed by atoms with Gasteiger partial charge in [0.15, 0.2) is 0 Å². The number of anilines is 1. The van der Waals surface area contributed by atoms with E-state index in [0.717, 1.165) is 18.0 Å². The van der Waals surface area contributed by atoms with Crippen molar-refractivity contribution in [3.05, 3.63) is 29.8 Å². The van der Waals surface area contributed by atoms with Crippen LogP contribution in [0.4, 0.5) is 5.69 Å². The van der Waals surface area contributed by atoms with Crippen LogP contribution >= 0.6 is 11.8 Å². The standard InChI is InChI=1S/C13H18N2O2S/c1-18-9-10-2-4-11(5-3-10)15-13(16)12-8-14-6-7-17-12/h2-5,12,14H,6-9H2,1H3,(H,15,16). The first-order chi connectivity index (χ1) is 8.79. The van der Waals surface area contributed by atoms with E-state index >= 15 is 0 Å². The molecule has 1 saturated heterocycles. The van der Waals surface area contributed by atoms with E-state index in [1.54, 1.807) is 11.8 Å². The SMILES string of the molecule is CSCc1ccc(NC(=O)C2CNCCO2)cc1. The van der Waals surface area contributed by atoms with E-state index in [-0.39, 0.29) is 12.0 Å². The Balaban J connectivity index is 1.89. The highest BCUT2D eigenvalue weighted by Crippen LogP contribution is 2.14. The molecule has 4 nitrogen and oxygen atoms in total. The van der Waals surface area contributed by atoms with Gasteiger partial charge in [-0.05, 0) is 24.0 Å². The molecule has 1 heterocycles. The van der Waals surface area contributed by atoms with Crippen LogP contribution in [0.3, 0.4) is 0 Å². The van der Waals surface area contributed by atoms with E-state index in [1.165, 1.54) is 5.56 Å². The molecule has 0 spiro atoms. The second-order valence-corrected chi connectivity index (χ2v) is 5.05. The molecule has 1 aliphatic rings. The first-order valence-corrected chi connectivity index (χ1v) is 7.40. The highest BCUT2D eigenvalue weighted by Gasteiger charge is 2.21. The Kier molecular flexibility index (Phi) is 5.04. The van der Waals surface area contributed by atoms with Gasteiger partial charge in [0.2, 0.25) is 0 Å². The molecule has 1 amide bonds. The summed E-state index contributed by atoms with van der Waals surface area (Å²) in [6.45, 7) is 1.98. The number of rotatable bonds is 4. The smallest absolute Gasteiger partial charge is 0.254 e. The zero-order chi connectivity index (χ0) is 12.8. The first kappa shape index (κ1) is 13.4. The summed E-state index contributed by atoms with van der Waals surface area (Å²) in [6.07, 6.45) is 1.69. The Morgan fingerprint density at radius 3 is 2.89 bits per heavy atom. The molecule has 18 heavy (non-hydrogen) atoms. The van der Waals surface area contributed by atoms with E-state index in [2.05, 4.69) is 16.9 Å². The van der Waals surface area contributed by atoms with Gasteiger partial charge in [0, 0.05) is 24.5 Å². The van der Waals surface area contributed by atoms with Gasteiger partial charge in [-0.3, -0.25) is 4.79 Å². The Hall–Kier alpha value is -1.04. The third kappa shape index (κ3) is 3.73. The van der Waals surface area contributed by atoms with Gasteiger partial charge >= 0.3 is 0 Å². The van der Waals surface area contributed by atoms with Crippen molar-refractivity contribution < 1.29 is 9.53 Å². The number of carbonyl (C=O) groups excluding carboxylic acids is 1. The molecule has 5 heteroatoms. The number of carbonyl (C=O) groups is 1. The Morgan fingerprint density at radius 1 is 1.50 bits per heavy atom.